The van der Waals surface area contributed by atoms with E-state index in [0.717, 1.165) is 51.1 Å². The zero-order valence-electron chi connectivity index (χ0n) is 16.1. The maximum absolute atomic E-state index is 12.6. The SMILES string of the molecule is O=C(NCCc1c[nH]c2ccccc12)N1CCCN(Cc2cccnc2)CC1. The number of hydrogen-bond donors (Lipinski definition) is 2. The molecule has 0 saturated carbocycles. The van der Waals surface area contributed by atoms with E-state index in [0.29, 0.717) is 6.54 Å². The van der Waals surface area contributed by atoms with E-state index < -0.39 is 0 Å². The summed E-state index contributed by atoms with van der Waals surface area (Å²) in [5, 5.41) is 4.33. The predicted octanol–water partition coefficient (Wildman–Crippen LogP) is 3.02. The van der Waals surface area contributed by atoms with Crippen molar-refractivity contribution in [1.29, 1.82) is 0 Å². The number of benzene rings is 1. The van der Waals surface area contributed by atoms with Gasteiger partial charge in [0.1, 0.15) is 0 Å². The molecule has 28 heavy (non-hydrogen) atoms. The number of H-pyrrole nitrogens is 1. The lowest BCUT2D eigenvalue weighted by molar-refractivity contribution is 0.198. The van der Waals surface area contributed by atoms with Gasteiger partial charge in [0, 0.05) is 68.8 Å². The monoisotopic (exact) mass is 377 g/mol. The Hall–Kier alpha value is -2.86. The van der Waals surface area contributed by atoms with Crippen LogP contribution >= 0.6 is 0 Å². The normalized spacial score (nSPS) is 15.5. The zero-order chi connectivity index (χ0) is 19.2. The summed E-state index contributed by atoms with van der Waals surface area (Å²) in [5.41, 5.74) is 3.61. The number of carbonyl (C=O) groups excluding carboxylic acids is 1. The minimum atomic E-state index is 0.0445. The van der Waals surface area contributed by atoms with Gasteiger partial charge in [0.05, 0.1) is 0 Å². The third kappa shape index (κ3) is 4.51. The Morgan fingerprint density at radius 3 is 2.93 bits per heavy atom. The summed E-state index contributed by atoms with van der Waals surface area (Å²) < 4.78 is 0. The van der Waals surface area contributed by atoms with Crippen molar-refractivity contribution in [3.8, 4) is 0 Å². The largest absolute Gasteiger partial charge is 0.361 e. The molecular formula is C22H27N5O. The topological polar surface area (TPSA) is 64.3 Å². The highest BCUT2D eigenvalue weighted by atomic mass is 16.2. The second-order valence-electron chi connectivity index (χ2n) is 7.32. The number of nitrogens with zero attached hydrogens (tertiary/aromatic N) is 3. The molecule has 0 spiro atoms. The molecular weight excluding hydrogens is 350 g/mol. The van der Waals surface area contributed by atoms with Crippen LogP contribution in [0.2, 0.25) is 0 Å². The average molecular weight is 377 g/mol. The van der Waals surface area contributed by atoms with Crippen molar-refractivity contribution < 1.29 is 4.79 Å². The van der Waals surface area contributed by atoms with Gasteiger partial charge in [0.2, 0.25) is 0 Å². The van der Waals surface area contributed by atoms with Crippen molar-refractivity contribution in [2.75, 3.05) is 32.7 Å². The van der Waals surface area contributed by atoms with Crippen LogP contribution in [-0.2, 0) is 13.0 Å². The Labute approximate surface area is 165 Å². The lowest BCUT2D eigenvalue weighted by Gasteiger charge is -2.22. The molecule has 0 unspecified atom stereocenters. The Balaban J connectivity index is 1.24. The molecule has 0 radical (unpaired) electrons. The number of amides is 2. The third-order valence-corrected chi connectivity index (χ3v) is 5.35. The molecule has 146 valence electrons. The second-order valence-corrected chi connectivity index (χ2v) is 7.32. The quantitative estimate of drug-likeness (QED) is 0.718. The first-order chi connectivity index (χ1) is 13.8. The van der Waals surface area contributed by atoms with Crippen molar-refractivity contribution in [1.82, 2.24) is 25.1 Å². The van der Waals surface area contributed by atoms with Crippen LogP contribution in [-0.4, -0.2) is 58.5 Å². The van der Waals surface area contributed by atoms with Gasteiger partial charge in [-0.25, -0.2) is 4.79 Å². The maximum Gasteiger partial charge on any atom is 0.317 e. The molecule has 2 aromatic heterocycles. The van der Waals surface area contributed by atoms with Crippen LogP contribution in [0.5, 0.6) is 0 Å². The Bertz CT molecular complexity index is 907. The molecule has 1 saturated heterocycles. The first-order valence-corrected chi connectivity index (χ1v) is 9.98. The minimum Gasteiger partial charge on any atom is -0.361 e. The standard InChI is InChI=1S/C22H27N5O/c28-22(24-10-8-19-16-25-21-7-2-1-6-20(19)21)27-12-4-11-26(13-14-27)17-18-5-3-9-23-15-18/h1-3,5-7,9,15-16,25H,4,8,10-14,17H2,(H,24,28). The summed E-state index contributed by atoms with van der Waals surface area (Å²) in [6, 6.07) is 12.4. The first kappa shape index (κ1) is 18.5. The molecule has 1 aliphatic rings. The molecule has 4 rings (SSSR count). The van der Waals surface area contributed by atoms with Crippen molar-refractivity contribution in [2.45, 2.75) is 19.4 Å². The number of fused-ring (bicyclic) bond motifs is 1. The molecule has 0 aliphatic carbocycles. The van der Waals surface area contributed by atoms with Crippen molar-refractivity contribution in [3.63, 3.8) is 0 Å². The molecule has 1 fully saturated rings. The molecule has 2 N–H and O–H groups in total. The summed E-state index contributed by atoms with van der Waals surface area (Å²) >= 11 is 0. The Morgan fingerprint density at radius 2 is 2.04 bits per heavy atom. The van der Waals surface area contributed by atoms with Gasteiger partial charge in [-0.2, -0.15) is 0 Å². The van der Waals surface area contributed by atoms with Gasteiger partial charge in [0.15, 0.2) is 0 Å². The summed E-state index contributed by atoms with van der Waals surface area (Å²) in [6.45, 7) is 5.01. The zero-order valence-corrected chi connectivity index (χ0v) is 16.1. The number of para-hydroxylation sites is 1. The lowest BCUT2D eigenvalue weighted by atomic mass is 10.1. The third-order valence-electron chi connectivity index (χ3n) is 5.35. The van der Waals surface area contributed by atoms with E-state index in [9.17, 15) is 4.79 Å². The highest BCUT2D eigenvalue weighted by Gasteiger charge is 2.19. The van der Waals surface area contributed by atoms with Crippen molar-refractivity contribution in [2.24, 2.45) is 0 Å². The summed E-state index contributed by atoms with van der Waals surface area (Å²) in [5.74, 6) is 0. The summed E-state index contributed by atoms with van der Waals surface area (Å²) in [4.78, 5) is 24.4. The van der Waals surface area contributed by atoms with E-state index in [1.807, 2.05) is 35.5 Å². The van der Waals surface area contributed by atoms with Crippen molar-refractivity contribution >= 4 is 16.9 Å². The van der Waals surface area contributed by atoms with E-state index in [2.05, 4.69) is 38.4 Å². The van der Waals surface area contributed by atoms with Crippen LogP contribution in [0.25, 0.3) is 10.9 Å². The fourth-order valence-electron chi connectivity index (χ4n) is 3.84. The van der Waals surface area contributed by atoms with Gasteiger partial charge in [-0.1, -0.05) is 24.3 Å². The lowest BCUT2D eigenvalue weighted by Crippen LogP contribution is -2.42. The van der Waals surface area contributed by atoms with Gasteiger partial charge < -0.3 is 15.2 Å². The molecule has 0 atom stereocenters. The van der Waals surface area contributed by atoms with Crippen LogP contribution in [0.15, 0.2) is 55.0 Å². The maximum atomic E-state index is 12.6. The number of hydrogen-bond acceptors (Lipinski definition) is 3. The van der Waals surface area contributed by atoms with Crippen LogP contribution in [0.3, 0.4) is 0 Å². The fraction of sp³-hybridized carbons (Fsp3) is 0.364. The van der Waals surface area contributed by atoms with E-state index in [-0.39, 0.29) is 6.03 Å². The van der Waals surface area contributed by atoms with Gasteiger partial charge in [-0.05, 0) is 36.1 Å². The van der Waals surface area contributed by atoms with Crippen LogP contribution in [0, 0.1) is 0 Å². The van der Waals surface area contributed by atoms with E-state index in [4.69, 9.17) is 0 Å². The number of carbonyl (C=O) groups is 1. The molecule has 6 nitrogen and oxygen atoms in total. The first-order valence-electron chi connectivity index (χ1n) is 9.98. The summed E-state index contributed by atoms with van der Waals surface area (Å²) in [7, 11) is 0. The van der Waals surface area contributed by atoms with Crippen LogP contribution in [0.1, 0.15) is 17.5 Å². The molecule has 0 bridgehead atoms. The van der Waals surface area contributed by atoms with Crippen LogP contribution in [0.4, 0.5) is 4.79 Å². The van der Waals surface area contributed by atoms with Crippen molar-refractivity contribution in [3.05, 3.63) is 66.1 Å². The van der Waals surface area contributed by atoms with E-state index in [1.165, 1.54) is 16.5 Å². The molecule has 2 amide bonds. The fourth-order valence-corrected chi connectivity index (χ4v) is 3.84. The summed E-state index contributed by atoms with van der Waals surface area (Å²) in [6.07, 6.45) is 7.58. The Kier molecular flexibility index (Phi) is 5.87. The highest BCUT2D eigenvalue weighted by Crippen LogP contribution is 2.17. The van der Waals surface area contributed by atoms with E-state index >= 15 is 0 Å². The molecule has 3 aromatic rings. The molecule has 6 heteroatoms. The molecule has 3 heterocycles. The minimum absolute atomic E-state index is 0.0445. The number of pyridine rings is 1. The van der Waals surface area contributed by atoms with Gasteiger partial charge in [0.25, 0.3) is 0 Å². The number of urea groups is 1. The van der Waals surface area contributed by atoms with Crippen LogP contribution < -0.4 is 5.32 Å². The molecule has 1 aromatic carbocycles. The Morgan fingerprint density at radius 1 is 1.11 bits per heavy atom. The predicted molar refractivity (Wildman–Crippen MR) is 111 cm³/mol. The van der Waals surface area contributed by atoms with Gasteiger partial charge >= 0.3 is 6.03 Å². The van der Waals surface area contributed by atoms with E-state index in [1.54, 1.807) is 6.20 Å². The highest BCUT2D eigenvalue weighted by molar-refractivity contribution is 5.83. The van der Waals surface area contributed by atoms with Gasteiger partial charge in [-0.15, -0.1) is 0 Å². The number of rotatable bonds is 5. The number of aromatic nitrogens is 2. The smallest absolute Gasteiger partial charge is 0.317 e. The second kappa shape index (κ2) is 8.89. The number of nitrogens with one attached hydrogen (secondary N) is 2. The number of aromatic amines is 1. The average Bonchev–Trinajstić information content (AvgIpc) is 2.99. The molecule has 1 aliphatic heterocycles. The van der Waals surface area contributed by atoms with Gasteiger partial charge in [-0.3, -0.25) is 9.88 Å².